The third kappa shape index (κ3) is 4.55. The first-order chi connectivity index (χ1) is 22.4. The predicted molar refractivity (Wildman–Crippen MR) is 169 cm³/mol. The highest BCUT2D eigenvalue weighted by Crippen LogP contribution is 2.58. The highest BCUT2D eigenvalue weighted by Gasteiger charge is 2.57. The van der Waals surface area contributed by atoms with Gasteiger partial charge in [0.15, 0.2) is 0 Å². The first-order valence-electron chi connectivity index (χ1n) is 14.5. The van der Waals surface area contributed by atoms with Crippen LogP contribution in [0.4, 0.5) is 5.69 Å². The fourth-order valence-corrected chi connectivity index (χ4v) is 6.00. The monoisotopic (exact) mass is 611 g/mol. The summed E-state index contributed by atoms with van der Waals surface area (Å²) in [5.41, 5.74) is 1.34. The van der Waals surface area contributed by atoms with Gasteiger partial charge in [0.05, 0.1) is 28.9 Å². The number of nitrogens with zero attached hydrogens (tertiary/aromatic N) is 3. The van der Waals surface area contributed by atoms with Crippen LogP contribution in [0.15, 0.2) is 120 Å². The summed E-state index contributed by atoms with van der Waals surface area (Å²) in [6.07, 6.45) is 1.32. The van der Waals surface area contributed by atoms with E-state index in [9.17, 15) is 19.7 Å². The van der Waals surface area contributed by atoms with Gasteiger partial charge in [0.2, 0.25) is 0 Å². The summed E-state index contributed by atoms with van der Waals surface area (Å²) < 4.78 is 17.9. The molecule has 5 aromatic carbocycles. The quantitative estimate of drug-likeness (QED) is 0.0633. The summed E-state index contributed by atoms with van der Waals surface area (Å²) in [7, 11) is 0. The van der Waals surface area contributed by atoms with Gasteiger partial charge in [0, 0.05) is 40.5 Å². The van der Waals surface area contributed by atoms with Gasteiger partial charge in [-0.2, -0.15) is 5.10 Å². The van der Waals surface area contributed by atoms with Crippen LogP contribution in [0.3, 0.4) is 0 Å². The number of fused-ring (bicyclic) bond motifs is 6. The van der Waals surface area contributed by atoms with E-state index < -0.39 is 22.3 Å². The van der Waals surface area contributed by atoms with Gasteiger partial charge in [0.1, 0.15) is 28.5 Å². The standard InChI is InChI=1S/C36H25N3O7/c1-2-44-25-16-18-29-32(20-25)46-33-21-26(45-35(41)23-10-4-3-5-11-23)17-19-30(33)36(29)28-14-8-7-13-27(28)34(40)38(36)37-22-24-12-6-9-15-31(24)39(42)43/h3-22H,2H2,1H3/b37-22+. The maximum absolute atomic E-state index is 14.2. The smallest absolute Gasteiger partial charge is 0.343 e. The predicted octanol–water partition coefficient (Wildman–Crippen LogP) is 7.10. The van der Waals surface area contributed by atoms with Crippen LogP contribution in [0.1, 0.15) is 49.9 Å². The zero-order valence-electron chi connectivity index (χ0n) is 24.5. The number of amides is 1. The molecule has 5 aromatic rings. The molecule has 10 heteroatoms. The first kappa shape index (κ1) is 28.5. The zero-order chi connectivity index (χ0) is 31.8. The molecule has 0 fully saturated rings. The van der Waals surface area contributed by atoms with Gasteiger partial charge in [-0.1, -0.05) is 48.5 Å². The van der Waals surface area contributed by atoms with Gasteiger partial charge in [-0.05, 0) is 55.5 Å². The van der Waals surface area contributed by atoms with Crippen molar-refractivity contribution in [2.24, 2.45) is 5.10 Å². The summed E-state index contributed by atoms with van der Waals surface area (Å²) in [5, 5.41) is 17.8. The Hall–Kier alpha value is -6.29. The van der Waals surface area contributed by atoms with Crippen molar-refractivity contribution in [1.82, 2.24) is 5.01 Å². The minimum absolute atomic E-state index is 0.150. The van der Waals surface area contributed by atoms with E-state index in [1.807, 2.05) is 31.2 Å². The zero-order valence-corrected chi connectivity index (χ0v) is 24.5. The Kier molecular flexibility index (Phi) is 7.01. The molecule has 2 heterocycles. The molecular formula is C36H25N3O7. The average Bonchev–Trinajstić information content (AvgIpc) is 3.32. The lowest BCUT2D eigenvalue weighted by Gasteiger charge is -2.41. The third-order valence-electron chi connectivity index (χ3n) is 7.94. The lowest BCUT2D eigenvalue weighted by atomic mass is 9.75. The highest BCUT2D eigenvalue weighted by atomic mass is 16.6. The molecule has 0 aromatic heterocycles. The Bertz CT molecular complexity index is 2060. The number of hydrogen-bond acceptors (Lipinski definition) is 8. The number of nitro groups is 1. The number of nitro benzene ring substituents is 1. The summed E-state index contributed by atoms with van der Waals surface area (Å²) in [5.74, 6) is 0.578. The van der Waals surface area contributed by atoms with Gasteiger partial charge in [0.25, 0.3) is 11.6 Å². The van der Waals surface area contributed by atoms with Crippen LogP contribution in [-0.4, -0.2) is 34.6 Å². The topological polar surface area (TPSA) is 121 Å². The second-order valence-electron chi connectivity index (χ2n) is 10.5. The van der Waals surface area contributed by atoms with Crippen molar-refractivity contribution in [3.63, 3.8) is 0 Å². The number of esters is 1. The normalized spacial score (nSPS) is 16.0. The molecule has 226 valence electrons. The van der Waals surface area contributed by atoms with E-state index in [4.69, 9.17) is 14.2 Å². The molecule has 46 heavy (non-hydrogen) atoms. The lowest BCUT2D eigenvalue weighted by Crippen LogP contribution is -2.44. The number of hydrogen-bond donors (Lipinski definition) is 0. The third-order valence-corrected chi connectivity index (χ3v) is 7.94. The van der Waals surface area contributed by atoms with Crippen molar-refractivity contribution in [2.45, 2.75) is 12.5 Å². The van der Waals surface area contributed by atoms with Crippen molar-refractivity contribution < 1.29 is 28.7 Å². The fourth-order valence-electron chi connectivity index (χ4n) is 6.00. The van der Waals surface area contributed by atoms with Crippen molar-refractivity contribution in [3.05, 3.63) is 159 Å². The molecule has 1 spiro atoms. The molecule has 0 saturated heterocycles. The SMILES string of the molecule is CCOc1ccc2c(c1)Oc1cc(OC(=O)c3ccccc3)ccc1C21c2ccccc2C(=O)N1/N=C/c1ccccc1[N+](=O)[O-]. The minimum atomic E-state index is -1.34. The van der Waals surface area contributed by atoms with Gasteiger partial charge in [-0.15, -0.1) is 0 Å². The van der Waals surface area contributed by atoms with Gasteiger partial charge in [-0.25, -0.2) is 9.80 Å². The Labute approximate surface area is 263 Å². The largest absolute Gasteiger partial charge is 0.494 e. The summed E-state index contributed by atoms with van der Waals surface area (Å²) in [4.78, 5) is 38.4. The summed E-state index contributed by atoms with van der Waals surface area (Å²) in [6.45, 7) is 2.29. The molecule has 1 unspecified atom stereocenters. The number of rotatable bonds is 7. The molecule has 1 atom stereocenters. The van der Waals surface area contributed by atoms with Crippen LogP contribution in [0.2, 0.25) is 0 Å². The van der Waals surface area contributed by atoms with Crippen LogP contribution in [0.25, 0.3) is 0 Å². The minimum Gasteiger partial charge on any atom is -0.494 e. The molecule has 1 amide bonds. The number of ether oxygens (including phenoxy) is 3. The van der Waals surface area contributed by atoms with Crippen LogP contribution < -0.4 is 14.2 Å². The van der Waals surface area contributed by atoms with E-state index >= 15 is 0 Å². The molecule has 0 aliphatic carbocycles. The van der Waals surface area contributed by atoms with Crippen LogP contribution in [0.5, 0.6) is 23.0 Å². The molecule has 2 aliphatic rings. The molecule has 2 aliphatic heterocycles. The van der Waals surface area contributed by atoms with E-state index in [0.717, 1.165) is 0 Å². The van der Waals surface area contributed by atoms with E-state index in [0.29, 0.717) is 51.7 Å². The number of para-hydroxylation sites is 1. The Morgan fingerprint density at radius 2 is 1.52 bits per heavy atom. The van der Waals surface area contributed by atoms with Gasteiger partial charge >= 0.3 is 5.97 Å². The average molecular weight is 612 g/mol. The number of benzene rings is 5. The number of carbonyl (C=O) groups is 2. The maximum Gasteiger partial charge on any atom is 0.343 e. The second kappa shape index (κ2) is 11.3. The van der Waals surface area contributed by atoms with E-state index in [1.165, 1.54) is 17.3 Å². The molecule has 0 N–H and O–H groups in total. The first-order valence-corrected chi connectivity index (χ1v) is 14.5. The maximum atomic E-state index is 14.2. The van der Waals surface area contributed by atoms with Crippen molar-refractivity contribution in [3.8, 4) is 23.0 Å². The van der Waals surface area contributed by atoms with Gasteiger partial charge < -0.3 is 14.2 Å². The Morgan fingerprint density at radius 1 is 0.870 bits per heavy atom. The number of carbonyl (C=O) groups excluding carboxylic acids is 2. The van der Waals surface area contributed by atoms with Crippen LogP contribution in [0, 0.1) is 10.1 Å². The highest BCUT2D eigenvalue weighted by molar-refractivity contribution is 6.03. The second-order valence-corrected chi connectivity index (χ2v) is 10.5. The summed E-state index contributed by atoms with van der Waals surface area (Å²) >= 11 is 0. The van der Waals surface area contributed by atoms with Crippen molar-refractivity contribution >= 4 is 23.8 Å². The fraction of sp³-hybridized carbons (Fsp3) is 0.0833. The molecule has 7 rings (SSSR count). The van der Waals surface area contributed by atoms with Crippen molar-refractivity contribution in [1.29, 1.82) is 0 Å². The summed E-state index contributed by atoms with van der Waals surface area (Å²) in [6, 6.07) is 32.3. The molecule has 10 nitrogen and oxygen atoms in total. The van der Waals surface area contributed by atoms with Crippen molar-refractivity contribution in [2.75, 3.05) is 6.61 Å². The van der Waals surface area contributed by atoms with E-state index in [-0.39, 0.29) is 17.0 Å². The van der Waals surface area contributed by atoms with E-state index in [2.05, 4.69) is 5.10 Å². The number of hydrazone groups is 1. The Balaban J connectivity index is 1.43. The molecular weight excluding hydrogens is 586 g/mol. The van der Waals surface area contributed by atoms with Crippen LogP contribution in [-0.2, 0) is 5.54 Å². The molecule has 0 radical (unpaired) electrons. The van der Waals surface area contributed by atoms with E-state index in [1.54, 1.807) is 84.9 Å². The van der Waals surface area contributed by atoms with Gasteiger partial charge in [-0.3, -0.25) is 14.9 Å². The molecule has 0 saturated carbocycles. The lowest BCUT2D eigenvalue weighted by molar-refractivity contribution is -0.385. The molecule has 0 bridgehead atoms. The Morgan fingerprint density at radius 3 is 2.26 bits per heavy atom. The van der Waals surface area contributed by atoms with Crippen LogP contribution >= 0.6 is 0 Å².